The van der Waals surface area contributed by atoms with Crippen molar-refractivity contribution in [1.82, 2.24) is 0 Å². The molecule has 0 saturated heterocycles. The van der Waals surface area contributed by atoms with Crippen molar-refractivity contribution in [2.45, 2.75) is 78.1 Å². The van der Waals surface area contributed by atoms with Crippen LogP contribution in [-0.2, 0) is 9.59 Å². The third-order valence-electron chi connectivity index (χ3n) is 7.25. The molecular formula is C28H36N2O2. The lowest BCUT2D eigenvalue weighted by molar-refractivity contribution is -0.121. The van der Waals surface area contributed by atoms with Crippen LogP contribution in [0.5, 0.6) is 0 Å². The molecule has 0 heterocycles. The van der Waals surface area contributed by atoms with Crippen molar-refractivity contribution in [1.29, 1.82) is 0 Å². The highest BCUT2D eigenvalue weighted by Crippen LogP contribution is 2.31. The van der Waals surface area contributed by atoms with Gasteiger partial charge in [0.05, 0.1) is 0 Å². The predicted octanol–water partition coefficient (Wildman–Crippen LogP) is 7.01. The molecule has 0 unspecified atom stereocenters. The van der Waals surface area contributed by atoms with Crippen molar-refractivity contribution in [2.24, 2.45) is 11.8 Å². The van der Waals surface area contributed by atoms with Gasteiger partial charge in [-0.05, 0) is 86.1 Å². The van der Waals surface area contributed by atoms with E-state index in [-0.39, 0.29) is 23.7 Å². The summed E-state index contributed by atoms with van der Waals surface area (Å²) in [4.78, 5) is 25.2. The SMILES string of the molecule is Cc1cc(-c2ccc(NC(=O)C3CCCCC3)c(C)c2)ccc1NC(=O)C1CCCCC1. The van der Waals surface area contributed by atoms with Gasteiger partial charge in [-0.25, -0.2) is 0 Å². The lowest BCUT2D eigenvalue weighted by atomic mass is 9.88. The predicted molar refractivity (Wildman–Crippen MR) is 132 cm³/mol. The van der Waals surface area contributed by atoms with Crippen LogP contribution < -0.4 is 10.6 Å². The summed E-state index contributed by atoms with van der Waals surface area (Å²) in [5.41, 5.74) is 6.17. The number of hydrogen-bond donors (Lipinski definition) is 2. The van der Waals surface area contributed by atoms with Gasteiger partial charge < -0.3 is 10.6 Å². The van der Waals surface area contributed by atoms with Gasteiger partial charge in [0.15, 0.2) is 0 Å². The molecule has 0 atom stereocenters. The smallest absolute Gasteiger partial charge is 0.227 e. The van der Waals surface area contributed by atoms with Crippen molar-refractivity contribution in [3.63, 3.8) is 0 Å². The van der Waals surface area contributed by atoms with Crippen LogP contribution >= 0.6 is 0 Å². The Labute approximate surface area is 192 Å². The maximum atomic E-state index is 12.6. The minimum Gasteiger partial charge on any atom is -0.326 e. The fourth-order valence-electron chi connectivity index (χ4n) is 5.17. The summed E-state index contributed by atoms with van der Waals surface area (Å²) < 4.78 is 0. The molecule has 0 spiro atoms. The molecule has 0 aromatic heterocycles. The van der Waals surface area contributed by atoms with Gasteiger partial charge in [0, 0.05) is 23.2 Å². The number of benzene rings is 2. The second kappa shape index (κ2) is 10.3. The van der Waals surface area contributed by atoms with Crippen molar-refractivity contribution >= 4 is 23.2 Å². The average Bonchev–Trinajstić information content (AvgIpc) is 2.82. The maximum Gasteiger partial charge on any atom is 0.227 e. The third kappa shape index (κ3) is 5.40. The molecule has 2 N–H and O–H groups in total. The van der Waals surface area contributed by atoms with Gasteiger partial charge in [0.1, 0.15) is 0 Å². The summed E-state index contributed by atoms with van der Waals surface area (Å²) in [6.45, 7) is 4.09. The molecule has 2 aliphatic rings. The Balaban J connectivity index is 1.43. The first-order valence-electron chi connectivity index (χ1n) is 12.3. The summed E-state index contributed by atoms with van der Waals surface area (Å²) in [5, 5.41) is 6.29. The molecule has 2 aromatic carbocycles. The van der Waals surface area contributed by atoms with Gasteiger partial charge in [-0.2, -0.15) is 0 Å². The van der Waals surface area contributed by atoms with Gasteiger partial charge in [-0.1, -0.05) is 50.7 Å². The normalized spacial score (nSPS) is 17.7. The molecule has 2 saturated carbocycles. The molecule has 0 radical (unpaired) electrons. The van der Waals surface area contributed by atoms with Gasteiger partial charge >= 0.3 is 0 Å². The zero-order valence-corrected chi connectivity index (χ0v) is 19.5. The summed E-state index contributed by atoms with van der Waals surface area (Å²) in [7, 11) is 0. The Morgan fingerprint density at radius 2 is 1.00 bits per heavy atom. The van der Waals surface area contributed by atoms with Crippen LogP contribution in [0.3, 0.4) is 0 Å². The van der Waals surface area contributed by atoms with Gasteiger partial charge in [-0.15, -0.1) is 0 Å². The highest BCUT2D eigenvalue weighted by atomic mass is 16.2. The lowest BCUT2D eigenvalue weighted by Crippen LogP contribution is -2.25. The molecule has 4 heteroatoms. The van der Waals surface area contributed by atoms with Crippen LogP contribution in [0.15, 0.2) is 36.4 Å². The second-order valence-electron chi connectivity index (χ2n) is 9.71. The van der Waals surface area contributed by atoms with E-state index in [0.717, 1.165) is 85.0 Å². The van der Waals surface area contributed by atoms with Crippen molar-refractivity contribution in [3.05, 3.63) is 47.5 Å². The van der Waals surface area contributed by atoms with Crippen LogP contribution in [0.1, 0.15) is 75.3 Å². The summed E-state index contributed by atoms with van der Waals surface area (Å²) in [6, 6.07) is 12.4. The van der Waals surface area contributed by atoms with Crippen LogP contribution in [0.4, 0.5) is 11.4 Å². The van der Waals surface area contributed by atoms with E-state index < -0.39 is 0 Å². The second-order valence-corrected chi connectivity index (χ2v) is 9.71. The van der Waals surface area contributed by atoms with Crippen LogP contribution in [0.25, 0.3) is 11.1 Å². The van der Waals surface area contributed by atoms with E-state index in [1.54, 1.807) is 0 Å². The first-order valence-corrected chi connectivity index (χ1v) is 12.3. The van der Waals surface area contributed by atoms with Crippen LogP contribution in [0.2, 0.25) is 0 Å². The van der Waals surface area contributed by atoms with Crippen molar-refractivity contribution in [2.75, 3.05) is 10.6 Å². The minimum absolute atomic E-state index is 0.154. The lowest BCUT2D eigenvalue weighted by Gasteiger charge is -2.22. The number of carbonyl (C=O) groups is 2. The number of rotatable bonds is 5. The summed E-state index contributed by atoms with van der Waals surface area (Å²) in [5.74, 6) is 0.632. The number of amides is 2. The van der Waals surface area contributed by atoms with Gasteiger partial charge in [-0.3, -0.25) is 9.59 Å². The molecule has 2 aromatic rings. The Morgan fingerprint density at radius 3 is 1.34 bits per heavy atom. The van der Waals surface area contributed by atoms with Gasteiger partial charge in [0.25, 0.3) is 0 Å². The molecule has 2 aliphatic carbocycles. The molecule has 2 fully saturated rings. The summed E-state index contributed by atoms with van der Waals surface area (Å²) >= 11 is 0. The first kappa shape index (κ1) is 22.6. The number of hydrogen-bond acceptors (Lipinski definition) is 2. The third-order valence-corrected chi connectivity index (χ3v) is 7.25. The van der Waals surface area contributed by atoms with E-state index in [1.807, 2.05) is 26.0 Å². The topological polar surface area (TPSA) is 58.2 Å². The number of aryl methyl sites for hydroxylation is 2. The number of anilines is 2. The maximum absolute atomic E-state index is 12.6. The molecular weight excluding hydrogens is 396 g/mol. The Bertz CT molecular complexity index is 890. The van der Waals surface area contributed by atoms with E-state index >= 15 is 0 Å². The standard InChI is InChI=1S/C28H36N2O2/c1-19-17-23(13-15-25(19)29-27(31)21-9-5-3-6-10-21)24-14-16-26(20(2)18-24)30-28(32)22-11-7-4-8-12-22/h13-18,21-22H,3-12H2,1-2H3,(H,29,31)(H,30,32). The number of nitrogens with one attached hydrogen (secondary N) is 2. The van der Waals surface area contributed by atoms with Crippen molar-refractivity contribution in [3.8, 4) is 11.1 Å². The molecule has 32 heavy (non-hydrogen) atoms. The largest absolute Gasteiger partial charge is 0.326 e. The Morgan fingerprint density at radius 1 is 0.625 bits per heavy atom. The number of carbonyl (C=O) groups excluding carboxylic acids is 2. The zero-order chi connectivity index (χ0) is 22.5. The molecule has 4 nitrogen and oxygen atoms in total. The Hall–Kier alpha value is -2.62. The fraction of sp³-hybridized carbons (Fsp3) is 0.500. The van der Waals surface area contributed by atoms with E-state index in [1.165, 1.54) is 12.8 Å². The van der Waals surface area contributed by atoms with Crippen LogP contribution in [-0.4, -0.2) is 11.8 Å². The quantitative estimate of drug-likeness (QED) is 0.534. The van der Waals surface area contributed by atoms with Gasteiger partial charge in [0.2, 0.25) is 11.8 Å². The Kier molecular flexibility index (Phi) is 7.29. The van der Waals surface area contributed by atoms with E-state index in [4.69, 9.17) is 0 Å². The minimum atomic E-state index is 0.154. The molecule has 0 bridgehead atoms. The average molecular weight is 433 g/mol. The molecule has 170 valence electrons. The molecule has 4 rings (SSSR count). The molecule has 2 amide bonds. The fourth-order valence-corrected chi connectivity index (χ4v) is 5.17. The zero-order valence-electron chi connectivity index (χ0n) is 19.5. The van der Waals surface area contributed by atoms with Crippen molar-refractivity contribution < 1.29 is 9.59 Å². The summed E-state index contributed by atoms with van der Waals surface area (Å²) in [6.07, 6.45) is 11.2. The highest BCUT2D eigenvalue weighted by molar-refractivity contribution is 5.94. The van der Waals surface area contributed by atoms with E-state index in [0.29, 0.717) is 0 Å². The van der Waals surface area contributed by atoms with Crippen LogP contribution in [0, 0.1) is 25.7 Å². The first-order chi connectivity index (χ1) is 15.5. The molecule has 0 aliphatic heterocycles. The van der Waals surface area contributed by atoms with E-state index in [9.17, 15) is 9.59 Å². The monoisotopic (exact) mass is 432 g/mol. The van der Waals surface area contributed by atoms with E-state index in [2.05, 4.69) is 34.9 Å². The highest BCUT2D eigenvalue weighted by Gasteiger charge is 2.22.